The van der Waals surface area contributed by atoms with Crippen molar-refractivity contribution in [3.63, 3.8) is 0 Å². The number of ether oxygens (including phenoxy) is 1. The molecule has 0 saturated carbocycles. The molecule has 0 bridgehead atoms. The van der Waals surface area contributed by atoms with E-state index in [4.69, 9.17) is 4.74 Å². The number of rotatable bonds is 5. The Morgan fingerprint density at radius 2 is 2.19 bits per heavy atom. The van der Waals surface area contributed by atoms with Gasteiger partial charge in [-0.3, -0.25) is 4.68 Å². The molecule has 0 amide bonds. The minimum atomic E-state index is -3.59. The molecule has 1 saturated heterocycles. The normalized spacial score (nSPS) is 22.6. The minimum Gasteiger partial charge on any atom is -0.379 e. The Morgan fingerprint density at radius 1 is 1.35 bits per heavy atom. The van der Waals surface area contributed by atoms with Gasteiger partial charge in [-0.2, -0.15) is 5.10 Å². The van der Waals surface area contributed by atoms with Crippen LogP contribution in [0.25, 0.3) is 0 Å². The quantitative estimate of drug-likeness (QED) is 0.795. The molecular weight excluding hydrogens is 376 g/mol. The van der Waals surface area contributed by atoms with Crippen LogP contribution in [0.1, 0.15) is 29.6 Å². The van der Waals surface area contributed by atoms with Crippen molar-refractivity contribution in [1.29, 1.82) is 0 Å². The number of fused-ring (bicyclic) bond motifs is 1. The Balaban J connectivity index is 0.00000196. The van der Waals surface area contributed by atoms with Gasteiger partial charge in [-0.25, -0.2) is 13.1 Å². The zero-order valence-electron chi connectivity index (χ0n) is 14.3. The third-order valence-electron chi connectivity index (χ3n) is 4.86. The summed E-state index contributed by atoms with van der Waals surface area (Å²) in [5.41, 5.74) is 2.44. The summed E-state index contributed by atoms with van der Waals surface area (Å²) in [6, 6.07) is 8.27. The van der Waals surface area contributed by atoms with Crippen molar-refractivity contribution >= 4 is 22.4 Å². The van der Waals surface area contributed by atoms with Crippen molar-refractivity contribution in [2.75, 3.05) is 26.3 Å². The molecule has 1 aromatic carbocycles. The fourth-order valence-corrected chi connectivity index (χ4v) is 4.43. The second-order valence-corrected chi connectivity index (χ2v) is 8.25. The number of halogens is 1. The van der Waals surface area contributed by atoms with E-state index < -0.39 is 10.0 Å². The predicted octanol–water partition coefficient (Wildman–Crippen LogP) is 1.43. The molecular formula is C17H23ClN4O3S. The molecule has 26 heavy (non-hydrogen) atoms. The van der Waals surface area contributed by atoms with Crippen LogP contribution in [0.2, 0.25) is 0 Å². The number of sulfonamides is 1. The number of aromatic nitrogens is 2. The van der Waals surface area contributed by atoms with Crippen LogP contribution >= 0.6 is 12.4 Å². The van der Waals surface area contributed by atoms with E-state index in [1.54, 1.807) is 10.9 Å². The first-order chi connectivity index (χ1) is 12.1. The van der Waals surface area contributed by atoms with Gasteiger partial charge in [0, 0.05) is 25.4 Å². The molecule has 3 heterocycles. The highest BCUT2D eigenvalue weighted by molar-refractivity contribution is 7.89. The minimum absolute atomic E-state index is 0. The maximum atomic E-state index is 12.6. The largest absolute Gasteiger partial charge is 0.379 e. The lowest BCUT2D eigenvalue weighted by atomic mass is 9.95. The lowest BCUT2D eigenvalue weighted by Crippen LogP contribution is -2.38. The third kappa shape index (κ3) is 3.94. The predicted molar refractivity (Wildman–Crippen MR) is 100 cm³/mol. The third-order valence-corrected chi connectivity index (χ3v) is 6.24. The smallest absolute Gasteiger partial charge is 0.243 e. The number of nitrogens with zero attached hydrogens (tertiary/aromatic N) is 2. The van der Waals surface area contributed by atoms with Gasteiger partial charge in [0.15, 0.2) is 0 Å². The van der Waals surface area contributed by atoms with Crippen molar-refractivity contribution in [1.82, 2.24) is 19.8 Å². The Morgan fingerprint density at radius 3 is 3.00 bits per heavy atom. The summed E-state index contributed by atoms with van der Waals surface area (Å²) in [6.45, 7) is 2.44. The van der Waals surface area contributed by atoms with E-state index in [9.17, 15) is 8.42 Å². The van der Waals surface area contributed by atoms with Crippen LogP contribution in [-0.2, 0) is 21.2 Å². The van der Waals surface area contributed by atoms with Gasteiger partial charge in [-0.1, -0.05) is 24.3 Å². The molecule has 2 aliphatic rings. The van der Waals surface area contributed by atoms with Crippen LogP contribution in [0, 0.1) is 0 Å². The van der Waals surface area contributed by atoms with E-state index in [0.717, 1.165) is 24.9 Å². The summed E-state index contributed by atoms with van der Waals surface area (Å²) >= 11 is 0. The molecule has 142 valence electrons. The first-order valence-corrected chi connectivity index (χ1v) is 10.0. The average molecular weight is 399 g/mol. The molecule has 4 rings (SSSR count). The average Bonchev–Trinajstić information content (AvgIpc) is 3.31. The summed E-state index contributed by atoms with van der Waals surface area (Å²) in [4.78, 5) is 0.198. The van der Waals surface area contributed by atoms with Crippen LogP contribution in [0.4, 0.5) is 0 Å². The SMILES string of the molecule is Cl.O=S(=O)(NCC1NCCc2ccccc21)c1cnn(C2CCOC2)c1. The topological polar surface area (TPSA) is 85.3 Å². The zero-order valence-corrected chi connectivity index (χ0v) is 15.9. The van der Waals surface area contributed by atoms with Gasteiger partial charge in [-0.15, -0.1) is 12.4 Å². The van der Waals surface area contributed by atoms with E-state index in [-0.39, 0.29) is 29.4 Å². The molecule has 2 aliphatic heterocycles. The summed E-state index contributed by atoms with van der Waals surface area (Å²) in [5.74, 6) is 0. The fourth-order valence-electron chi connectivity index (χ4n) is 3.44. The van der Waals surface area contributed by atoms with Crippen molar-refractivity contribution in [2.24, 2.45) is 0 Å². The van der Waals surface area contributed by atoms with Gasteiger partial charge in [0.2, 0.25) is 10.0 Å². The molecule has 0 aliphatic carbocycles. The van der Waals surface area contributed by atoms with Gasteiger partial charge in [0.25, 0.3) is 0 Å². The molecule has 1 aromatic heterocycles. The Labute approximate surface area is 159 Å². The molecule has 2 N–H and O–H groups in total. The summed E-state index contributed by atoms with van der Waals surface area (Å²) in [6.07, 6.45) is 4.82. The summed E-state index contributed by atoms with van der Waals surface area (Å²) < 4.78 is 34.9. The highest BCUT2D eigenvalue weighted by atomic mass is 35.5. The molecule has 7 nitrogen and oxygen atoms in total. The Bertz CT molecular complexity index is 849. The van der Waals surface area contributed by atoms with Crippen molar-refractivity contribution in [3.8, 4) is 0 Å². The number of hydrogen-bond acceptors (Lipinski definition) is 5. The van der Waals surface area contributed by atoms with Gasteiger partial charge < -0.3 is 10.1 Å². The van der Waals surface area contributed by atoms with Gasteiger partial charge >= 0.3 is 0 Å². The molecule has 9 heteroatoms. The van der Waals surface area contributed by atoms with Crippen LogP contribution in [0.15, 0.2) is 41.6 Å². The van der Waals surface area contributed by atoms with Crippen LogP contribution in [-0.4, -0.2) is 44.5 Å². The number of nitrogens with one attached hydrogen (secondary N) is 2. The van der Waals surface area contributed by atoms with Gasteiger partial charge in [0.1, 0.15) is 4.90 Å². The van der Waals surface area contributed by atoms with Crippen LogP contribution in [0.5, 0.6) is 0 Å². The van der Waals surface area contributed by atoms with Gasteiger partial charge in [-0.05, 0) is 30.5 Å². The maximum absolute atomic E-state index is 12.6. The summed E-state index contributed by atoms with van der Waals surface area (Å²) in [5, 5.41) is 7.58. The van der Waals surface area contributed by atoms with E-state index in [1.807, 2.05) is 12.1 Å². The Hall–Kier alpha value is -1.45. The first kappa shape index (κ1) is 19.3. The molecule has 2 atom stereocenters. The van der Waals surface area contributed by atoms with Crippen molar-refractivity contribution in [2.45, 2.75) is 29.8 Å². The summed E-state index contributed by atoms with van der Waals surface area (Å²) in [7, 11) is -3.59. The maximum Gasteiger partial charge on any atom is 0.243 e. The first-order valence-electron chi connectivity index (χ1n) is 8.56. The van der Waals surface area contributed by atoms with Crippen LogP contribution in [0.3, 0.4) is 0 Å². The van der Waals surface area contributed by atoms with Crippen LogP contribution < -0.4 is 10.0 Å². The lowest BCUT2D eigenvalue weighted by molar-refractivity contribution is 0.184. The van der Waals surface area contributed by atoms with E-state index in [1.165, 1.54) is 11.8 Å². The number of benzene rings is 1. The Kier molecular flexibility index (Phi) is 5.99. The molecule has 0 radical (unpaired) electrons. The van der Waals surface area contributed by atoms with E-state index >= 15 is 0 Å². The number of hydrogen-bond donors (Lipinski definition) is 2. The second kappa shape index (κ2) is 8.06. The second-order valence-electron chi connectivity index (χ2n) is 6.48. The molecule has 0 spiro atoms. The monoisotopic (exact) mass is 398 g/mol. The van der Waals surface area contributed by atoms with Gasteiger partial charge in [0.05, 0.1) is 18.8 Å². The zero-order chi connectivity index (χ0) is 17.3. The standard InChI is InChI=1S/C17H22N4O3S.ClH/c22-25(23,15-9-19-21(11-15)14-6-8-24-12-14)20-10-17-16-4-2-1-3-13(16)5-7-18-17;/h1-4,9,11,14,17-18,20H,5-8,10,12H2;1H. The highest BCUT2D eigenvalue weighted by Gasteiger charge is 2.25. The fraction of sp³-hybridized carbons (Fsp3) is 0.471. The van der Waals surface area contributed by atoms with Crippen molar-refractivity contribution < 1.29 is 13.2 Å². The van der Waals surface area contributed by atoms with Crippen molar-refractivity contribution in [3.05, 3.63) is 47.8 Å². The molecule has 1 fully saturated rings. The molecule has 2 unspecified atom stereocenters. The lowest BCUT2D eigenvalue weighted by Gasteiger charge is -2.27. The van der Waals surface area contributed by atoms with E-state index in [0.29, 0.717) is 19.8 Å². The van der Waals surface area contributed by atoms with E-state index in [2.05, 4.69) is 27.3 Å². The highest BCUT2D eigenvalue weighted by Crippen LogP contribution is 2.23. The molecule has 2 aromatic rings.